The number of amides is 1. The Bertz CT molecular complexity index is 1150. The number of hydrogen-bond acceptors (Lipinski definition) is 5. The molecule has 4 aromatic rings. The number of benzene rings is 2. The molecule has 0 saturated carbocycles. The number of para-hydroxylation sites is 1. The topological polar surface area (TPSA) is 59.4 Å². The van der Waals surface area contributed by atoms with Gasteiger partial charge in [0.05, 0.1) is 25.3 Å². The number of nitrogens with one attached hydrogen (secondary N) is 1. The zero-order valence-corrected chi connectivity index (χ0v) is 17.3. The highest BCUT2D eigenvalue weighted by Gasteiger charge is 2.16. The van der Waals surface area contributed by atoms with E-state index in [0.717, 1.165) is 42.9 Å². The van der Waals surface area contributed by atoms with Crippen LogP contribution < -0.4 is 10.2 Å². The smallest absolute Gasteiger partial charge is 0.256 e. The second-order valence-electron chi connectivity index (χ2n) is 7.26. The molecule has 1 aliphatic heterocycles. The molecule has 1 amide bonds. The molecule has 0 atom stereocenters. The van der Waals surface area contributed by atoms with Crippen LogP contribution in [0.2, 0.25) is 0 Å². The molecule has 3 heterocycles. The molecule has 0 radical (unpaired) electrons. The van der Waals surface area contributed by atoms with Crippen molar-refractivity contribution in [3.63, 3.8) is 0 Å². The summed E-state index contributed by atoms with van der Waals surface area (Å²) < 4.78 is 7.34. The van der Waals surface area contributed by atoms with E-state index in [-0.39, 0.29) is 5.91 Å². The summed E-state index contributed by atoms with van der Waals surface area (Å²) in [4.78, 5) is 15.1. The number of anilines is 2. The van der Waals surface area contributed by atoms with Crippen LogP contribution in [-0.2, 0) is 11.3 Å². The Morgan fingerprint density at radius 1 is 1.07 bits per heavy atom. The van der Waals surface area contributed by atoms with Gasteiger partial charge in [-0.15, -0.1) is 0 Å². The highest BCUT2D eigenvalue weighted by molar-refractivity contribution is 7.07. The maximum Gasteiger partial charge on any atom is 0.256 e. The number of carbonyl (C=O) groups is 1. The molecule has 0 spiro atoms. The van der Waals surface area contributed by atoms with E-state index in [1.165, 1.54) is 5.56 Å². The highest BCUT2D eigenvalue weighted by Crippen LogP contribution is 2.25. The van der Waals surface area contributed by atoms with Gasteiger partial charge in [-0.25, -0.2) is 0 Å². The molecule has 1 fully saturated rings. The molecule has 2 aromatic carbocycles. The van der Waals surface area contributed by atoms with Gasteiger partial charge in [0.2, 0.25) is 0 Å². The molecule has 5 rings (SSSR count). The number of nitrogens with zero attached hydrogens (tertiary/aromatic N) is 3. The lowest BCUT2D eigenvalue weighted by atomic mass is 10.1. The van der Waals surface area contributed by atoms with Crippen molar-refractivity contribution < 1.29 is 9.53 Å². The minimum Gasteiger partial charge on any atom is -0.378 e. The van der Waals surface area contributed by atoms with Gasteiger partial charge < -0.3 is 15.0 Å². The first-order chi connectivity index (χ1) is 14.8. The van der Waals surface area contributed by atoms with E-state index in [2.05, 4.69) is 32.1 Å². The van der Waals surface area contributed by atoms with Crippen molar-refractivity contribution >= 4 is 39.7 Å². The number of rotatable bonds is 5. The van der Waals surface area contributed by atoms with E-state index in [9.17, 15) is 4.79 Å². The van der Waals surface area contributed by atoms with Gasteiger partial charge in [0.15, 0.2) is 5.82 Å². The maximum absolute atomic E-state index is 12.9. The predicted molar refractivity (Wildman–Crippen MR) is 121 cm³/mol. The Morgan fingerprint density at radius 3 is 2.63 bits per heavy atom. The summed E-state index contributed by atoms with van der Waals surface area (Å²) in [6, 6.07) is 17.8. The zero-order chi connectivity index (χ0) is 20.3. The molecule has 1 saturated heterocycles. The van der Waals surface area contributed by atoms with Crippen molar-refractivity contribution in [2.75, 3.05) is 36.5 Å². The van der Waals surface area contributed by atoms with Crippen LogP contribution in [0.5, 0.6) is 0 Å². The highest BCUT2D eigenvalue weighted by atomic mass is 32.1. The van der Waals surface area contributed by atoms with Gasteiger partial charge >= 0.3 is 0 Å². The number of thiophene rings is 1. The summed E-state index contributed by atoms with van der Waals surface area (Å²) in [5.41, 5.74) is 3.93. The number of hydrogen-bond donors (Lipinski definition) is 1. The normalized spacial score (nSPS) is 14.2. The number of aromatic nitrogens is 2. The average Bonchev–Trinajstić information content (AvgIpc) is 3.43. The molecule has 0 unspecified atom stereocenters. The standard InChI is InChI=1S/C23H22N4O2S/c28-23(18-5-7-19(8-6-18)26-10-12-29-13-11-26)24-22-20-3-1-2-4-21(20)27(25-22)15-17-9-14-30-16-17/h1-9,14,16H,10-13,15H2,(H,24,25,28). The Hall–Kier alpha value is -3.16. The van der Waals surface area contributed by atoms with Crippen LogP contribution in [0.3, 0.4) is 0 Å². The van der Waals surface area contributed by atoms with E-state index in [1.807, 2.05) is 53.2 Å². The summed E-state index contributed by atoms with van der Waals surface area (Å²) >= 11 is 1.67. The first kappa shape index (κ1) is 18.8. The molecular formula is C23H22N4O2S. The minimum absolute atomic E-state index is 0.158. The van der Waals surface area contributed by atoms with Gasteiger partial charge in [0.1, 0.15) is 0 Å². The number of morpholine rings is 1. The lowest BCUT2D eigenvalue weighted by molar-refractivity contribution is 0.102. The SMILES string of the molecule is O=C(Nc1nn(Cc2ccsc2)c2ccccc12)c1ccc(N2CCOCC2)cc1. The van der Waals surface area contributed by atoms with Crippen molar-refractivity contribution in [3.05, 3.63) is 76.5 Å². The number of fused-ring (bicyclic) bond motifs is 1. The number of carbonyl (C=O) groups excluding carboxylic acids is 1. The van der Waals surface area contributed by atoms with E-state index in [4.69, 9.17) is 4.74 Å². The van der Waals surface area contributed by atoms with Crippen LogP contribution in [-0.4, -0.2) is 42.0 Å². The Balaban J connectivity index is 1.36. The fourth-order valence-corrected chi connectivity index (χ4v) is 4.38. The zero-order valence-electron chi connectivity index (χ0n) is 16.5. The summed E-state index contributed by atoms with van der Waals surface area (Å²) in [5.74, 6) is 0.428. The minimum atomic E-state index is -0.158. The lowest BCUT2D eigenvalue weighted by Gasteiger charge is -2.28. The first-order valence-corrected chi connectivity index (χ1v) is 10.9. The fraction of sp³-hybridized carbons (Fsp3) is 0.217. The third-order valence-electron chi connectivity index (χ3n) is 5.31. The Morgan fingerprint density at radius 2 is 1.87 bits per heavy atom. The monoisotopic (exact) mass is 418 g/mol. The average molecular weight is 419 g/mol. The second-order valence-corrected chi connectivity index (χ2v) is 8.04. The Labute approximate surface area is 178 Å². The van der Waals surface area contributed by atoms with Crippen LogP contribution in [0.25, 0.3) is 10.9 Å². The van der Waals surface area contributed by atoms with Crippen LogP contribution in [0.15, 0.2) is 65.4 Å². The van der Waals surface area contributed by atoms with E-state index in [0.29, 0.717) is 17.9 Å². The van der Waals surface area contributed by atoms with E-state index < -0.39 is 0 Å². The fourth-order valence-electron chi connectivity index (χ4n) is 3.72. The second kappa shape index (κ2) is 8.30. The first-order valence-electron chi connectivity index (χ1n) is 9.99. The third-order valence-corrected chi connectivity index (χ3v) is 6.04. The van der Waals surface area contributed by atoms with Gasteiger partial charge in [0.25, 0.3) is 5.91 Å². The third kappa shape index (κ3) is 3.81. The molecule has 1 aliphatic rings. The maximum atomic E-state index is 12.9. The summed E-state index contributed by atoms with van der Waals surface area (Å²) in [7, 11) is 0. The van der Waals surface area contributed by atoms with Gasteiger partial charge in [-0.3, -0.25) is 9.48 Å². The predicted octanol–water partition coefficient (Wildman–Crippen LogP) is 4.24. The molecule has 6 nitrogen and oxygen atoms in total. The molecule has 152 valence electrons. The number of ether oxygens (including phenoxy) is 1. The van der Waals surface area contributed by atoms with Crippen LogP contribution in [0.1, 0.15) is 15.9 Å². The molecule has 2 aromatic heterocycles. The van der Waals surface area contributed by atoms with Gasteiger partial charge in [-0.2, -0.15) is 16.4 Å². The van der Waals surface area contributed by atoms with Crippen LogP contribution in [0.4, 0.5) is 11.5 Å². The van der Waals surface area contributed by atoms with Crippen molar-refractivity contribution in [1.29, 1.82) is 0 Å². The lowest BCUT2D eigenvalue weighted by Crippen LogP contribution is -2.36. The Kier molecular flexibility index (Phi) is 5.21. The van der Waals surface area contributed by atoms with Crippen molar-refractivity contribution in [3.8, 4) is 0 Å². The largest absolute Gasteiger partial charge is 0.378 e. The quantitative estimate of drug-likeness (QED) is 0.527. The van der Waals surface area contributed by atoms with E-state index >= 15 is 0 Å². The van der Waals surface area contributed by atoms with Crippen LogP contribution >= 0.6 is 11.3 Å². The molecule has 1 N–H and O–H groups in total. The van der Waals surface area contributed by atoms with Crippen molar-refractivity contribution in [2.24, 2.45) is 0 Å². The van der Waals surface area contributed by atoms with Gasteiger partial charge in [-0.05, 0) is 58.8 Å². The molecular weight excluding hydrogens is 396 g/mol. The molecule has 30 heavy (non-hydrogen) atoms. The van der Waals surface area contributed by atoms with Crippen molar-refractivity contribution in [2.45, 2.75) is 6.54 Å². The van der Waals surface area contributed by atoms with Crippen LogP contribution in [0, 0.1) is 0 Å². The van der Waals surface area contributed by atoms with Crippen molar-refractivity contribution in [1.82, 2.24) is 9.78 Å². The van der Waals surface area contributed by atoms with Gasteiger partial charge in [0, 0.05) is 29.7 Å². The molecule has 0 aliphatic carbocycles. The van der Waals surface area contributed by atoms with E-state index in [1.54, 1.807) is 11.3 Å². The molecule has 7 heteroatoms. The summed E-state index contributed by atoms with van der Waals surface area (Å²) in [6.45, 7) is 3.90. The molecule has 0 bridgehead atoms. The summed E-state index contributed by atoms with van der Waals surface area (Å²) in [6.07, 6.45) is 0. The summed E-state index contributed by atoms with van der Waals surface area (Å²) in [5, 5.41) is 12.8. The van der Waals surface area contributed by atoms with Gasteiger partial charge in [-0.1, -0.05) is 12.1 Å².